The second kappa shape index (κ2) is 6.71. The molecule has 0 bridgehead atoms. The molecular formula is C17H16ClN3O2. The van der Waals surface area contributed by atoms with Crippen molar-refractivity contribution in [2.75, 3.05) is 7.11 Å². The maximum Gasteiger partial charge on any atom is 0.173 e. The molecule has 0 fully saturated rings. The Morgan fingerprint density at radius 3 is 2.52 bits per heavy atom. The molecule has 2 aromatic carbocycles. The van der Waals surface area contributed by atoms with Gasteiger partial charge in [0.1, 0.15) is 5.75 Å². The number of aldehydes is 1. The molecule has 1 unspecified atom stereocenters. The summed E-state index contributed by atoms with van der Waals surface area (Å²) in [6, 6.07) is 15.1. The summed E-state index contributed by atoms with van der Waals surface area (Å²) in [6.07, 6.45) is 0.360. The number of halogens is 1. The van der Waals surface area contributed by atoms with Crippen molar-refractivity contribution >= 4 is 23.7 Å². The first kappa shape index (κ1) is 15.4. The molecule has 0 saturated heterocycles. The lowest BCUT2D eigenvalue weighted by Gasteiger charge is -2.24. The number of benzene rings is 2. The third kappa shape index (κ3) is 3.29. The van der Waals surface area contributed by atoms with E-state index in [1.807, 2.05) is 41.3 Å². The number of hydrogen-bond donors (Lipinski definition) is 1. The maximum absolute atomic E-state index is 11.3. The number of ether oxygens (including phenoxy) is 1. The third-order valence-electron chi connectivity index (χ3n) is 3.65. The molecule has 0 radical (unpaired) electrons. The van der Waals surface area contributed by atoms with Gasteiger partial charge in [0.2, 0.25) is 0 Å². The second-order valence-corrected chi connectivity index (χ2v) is 5.56. The van der Waals surface area contributed by atoms with Gasteiger partial charge in [-0.15, -0.1) is 0 Å². The zero-order valence-electron chi connectivity index (χ0n) is 12.6. The minimum absolute atomic E-state index is 0.484. The highest BCUT2D eigenvalue weighted by Gasteiger charge is 2.28. The monoisotopic (exact) mass is 329 g/mol. The Bertz CT molecular complexity index is 714. The molecule has 118 valence electrons. The zero-order chi connectivity index (χ0) is 16.2. The fraction of sp³-hybridized carbons (Fsp3) is 0.176. The molecule has 3 rings (SSSR count). The molecule has 0 aromatic heterocycles. The Hall–Kier alpha value is -2.53. The van der Waals surface area contributed by atoms with Gasteiger partial charge in [-0.3, -0.25) is 10.2 Å². The number of amidine groups is 1. The fourth-order valence-corrected chi connectivity index (χ4v) is 2.55. The number of hydrazone groups is 1. The number of nitrogens with zero attached hydrogens (tertiary/aromatic N) is 2. The van der Waals surface area contributed by atoms with Crippen LogP contribution in [0.5, 0.6) is 5.75 Å². The summed E-state index contributed by atoms with van der Waals surface area (Å²) in [5.74, 6) is 1.52. The van der Waals surface area contributed by atoms with Crippen LogP contribution in [0.15, 0.2) is 53.6 Å². The average Bonchev–Trinajstić information content (AvgIpc) is 2.99. The number of carbonyl (C=O) groups is 1. The first-order valence-corrected chi connectivity index (χ1v) is 7.53. The van der Waals surface area contributed by atoms with E-state index in [0.29, 0.717) is 11.6 Å². The molecule has 0 aliphatic carbocycles. The summed E-state index contributed by atoms with van der Waals surface area (Å²) in [5, 5.41) is 4.95. The summed E-state index contributed by atoms with van der Waals surface area (Å²) in [5.41, 5.74) is 4.81. The van der Waals surface area contributed by atoms with E-state index in [1.165, 1.54) is 0 Å². The van der Waals surface area contributed by atoms with Crippen molar-refractivity contribution in [2.45, 2.75) is 12.7 Å². The van der Waals surface area contributed by atoms with Crippen LogP contribution in [-0.4, -0.2) is 30.3 Å². The number of carbonyl (C=O) groups excluding carboxylic acids is 1. The Labute approximate surface area is 139 Å². The molecule has 1 heterocycles. The van der Waals surface area contributed by atoms with Crippen LogP contribution in [0.25, 0.3) is 0 Å². The van der Waals surface area contributed by atoms with Gasteiger partial charge in [-0.2, -0.15) is 5.10 Å². The van der Waals surface area contributed by atoms with Crippen molar-refractivity contribution < 1.29 is 9.53 Å². The molecule has 0 amide bonds. The SMILES string of the molecule is COc1ccc(CN2C(c3ccc(Cl)cc3)=NNC2C=O)cc1. The molecule has 2 aromatic rings. The van der Waals surface area contributed by atoms with Crippen LogP contribution in [0, 0.1) is 0 Å². The topological polar surface area (TPSA) is 53.9 Å². The van der Waals surface area contributed by atoms with Crippen LogP contribution in [-0.2, 0) is 11.3 Å². The van der Waals surface area contributed by atoms with E-state index in [0.717, 1.165) is 29.0 Å². The summed E-state index contributed by atoms with van der Waals surface area (Å²) in [7, 11) is 1.63. The number of hydrogen-bond acceptors (Lipinski definition) is 5. The first-order chi connectivity index (χ1) is 11.2. The Balaban J connectivity index is 1.84. The predicted octanol–water partition coefficient (Wildman–Crippen LogP) is 2.64. The predicted molar refractivity (Wildman–Crippen MR) is 89.5 cm³/mol. The van der Waals surface area contributed by atoms with E-state index in [1.54, 1.807) is 19.2 Å². The van der Waals surface area contributed by atoms with Crippen LogP contribution in [0.1, 0.15) is 11.1 Å². The molecule has 1 aliphatic heterocycles. The van der Waals surface area contributed by atoms with Gasteiger partial charge in [0.25, 0.3) is 0 Å². The van der Waals surface area contributed by atoms with Gasteiger partial charge >= 0.3 is 0 Å². The van der Waals surface area contributed by atoms with Gasteiger partial charge < -0.3 is 9.64 Å². The summed E-state index contributed by atoms with van der Waals surface area (Å²) in [4.78, 5) is 13.2. The van der Waals surface area contributed by atoms with Crippen LogP contribution in [0.2, 0.25) is 5.02 Å². The van der Waals surface area contributed by atoms with E-state index < -0.39 is 6.17 Å². The minimum Gasteiger partial charge on any atom is -0.497 e. The van der Waals surface area contributed by atoms with E-state index in [4.69, 9.17) is 16.3 Å². The molecule has 1 N–H and O–H groups in total. The molecule has 1 aliphatic rings. The Kier molecular flexibility index (Phi) is 4.48. The molecule has 1 atom stereocenters. The average molecular weight is 330 g/mol. The molecule has 6 heteroatoms. The van der Waals surface area contributed by atoms with Crippen molar-refractivity contribution in [3.05, 3.63) is 64.7 Å². The summed E-state index contributed by atoms with van der Waals surface area (Å²) < 4.78 is 5.16. The summed E-state index contributed by atoms with van der Waals surface area (Å²) in [6.45, 7) is 0.557. The third-order valence-corrected chi connectivity index (χ3v) is 3.91. The lowest BCUT2D eigenvalue weighted by molar-refractivity contribution is -0.111. The maximum atomic E-state index is 11.3. The van der Waals surface area contributed by atoms with Crippen molar-refractivity contribution in [3.8, 4) is 5.75 Å². The van der Waals surface area contributed by atoms with Crippen molar-refractivity contribution in [1.82, 2.24) is 10.3 Å². The number of nitrogens with one attached hydrogen (secondary N) is 1. The smallest absolute Gasteiger partial charge is 0.173 e. The van der Waals surface area contributed by atoms with Gasteiger partial charge in [-0.25, -0.2) is 0 Å². The van der Waals surface area contributed by atoms with Gasteiger partial charge in [-0.1, -0.05) is 23.7 Å². The highest BCUT2D eigenvalue weighted by Crippen LogP contribution is 2.20. The molecule has 5 nitrogen and oxygen atoms in total. The highest BCUT2D eigenvalue weighted by molar-refractivity contribution is 6.30. The number of rotatable bonds is 5. The van der Waals surface area contributed by atoms with Gasteiger partial charge in [0, 0.05) is 17.1 Å². The lowest BCUT2D eigenvalue weighted by Crippen LogP contribution is -2.41. The first-order valence-electron chi connectivity index (χ1n) is 7.15. The second-order valence-electron chi connectivity index (χ2n) is 5.13. The molecule has 0 spiro atoms. The lowest BCUT2D eigenvalue weighted by atomic mass is 10.1. The van der Waals surface area contributed by atoms with Gasteiger partial charge in [0.05, 0.1) is 7.11 Å². The van der Waals surface area contributed by atoms with E-state index in [-0.39, 0.29) is 0 Å². The van der Waals surface area contributed by atoms with E-state index >= 15 is 0 Å². The number of methoxy groups -OCH3 is 1. The standard InChI is InChI=1S/C17H16ClN3O2/c1-23-15-8-2-12(3-9-15)10-21-16(11-22)19-20-17(21)13-4-6-14(18)7-5-13/h2-9,11,16,19H,10H2,1H3. The minimum atomic E-state index is -0.484. The van der Waals surface area contributed by atoms with Crippen LogP contribution in [0.3, 0.4) is 0 Å². The van der Waals surface area contributed by atoms with Crippen LogP contribution in [0.4, 0.5) is 0 Å². The Morgan fingerprint density at radius 1 is 1.22 bits per heavy atom. The molecule has 23 heavy (non-hydrogen) atoms. The molecule has 0 saturated carbocycles. The van der Waals surface area contributed by atoms with E-state index in [2.05, 4.69) is 10.5 Å². The molecular weight excluding hydrogens is 314 g/mol. The zero-order valence-corrected chi connectivity index (χ0v) is 13.3. The van der Waals surface area contributed by atoms with Crippen LogP contribution >= 0.6 is 11.6 Å². The quantitative estimate of drug-likeness (QED) is 0.857. The van der Waals surface area contributed by atoms with Crippen molar-refractivity contribution in [2.24, 2.45) is 5.10 Å². The van der Waals surface area contributed by atoms with Gasteiger partial charge in [-0.05, 0) is 42.0 Å². The van der Waals surface area contributed by atoms with Crippen LogP contribution < -0.4 is 10.2 Å². The van der Waals surface area contributed by atoms with Gasteiger partial charge in [0.15, 0.2) is 18.3 Å². The van der Waals surface area contributed by atoms with Crippen molar-refractivity contribution in [1.29, 1.82) is 0 Å². The summed E-state index contributed by atoms with van der Waals surface area (Å²) >= 11 is 5.93. The highest BCUT2D eigenvalue weighted by atomic mass is 35.5. The normalized spacial score (nSPS) is 16.7. The largest absolute Gasteiger partial charge is 0.497 e. The Morgan fingerprint density at radius 2 is 1.91 bits per heavy atom. The van der Waals surface area contributed by atoms with Crippen molar-refractivity contribution in [3.63, 3.8) is 0 Å². The van der Waals surface area contributed by atoms with E-state index in [9.17, 15) is 4.79 Å². The fourth-order valence-electron chi connectivity index (χ4n) is 2.43.